The average molecular weight is 389 g/mol. The molecule has 1 N–H and O–H groups in total. The van der Waals surface area contributed by atoms with Crippen LogP contribution in [0, 0.1) is 17.3 Å². The van der Waals surface area contributed by atoms with E-state index in [1.54, 1.807) is 17.1 Å². The molecule has 152 valence electrons. The van der Waals surface area contributed by atoms with Crippen LogP contribution in [0.4, 0.5) is 0 Å². The Hall–Kier alpha value is -2.33. The van der Waals surface area contributed by atoms with Crippen LogP contribution in [0.1, 0.15) is 25.6 Å². The number of hydrogen-bond donors (Lipinski definition) is 1. The lowest BCUT2D eigenvalue weighted by molar-refractivity contribution is -0.131. The number of nitrogens with one attached hydrogen (secondary N) is 1. The number of fused-ring (bicyclic) bond motifs is 1. The van der Waals surface area contributed by atoms with Crippen LogP contribution in [0.25, 0.3) is 0 Å². The van der Waals surface area contributed by atoms with Gasteiger partial charge in [0.2, 0.25) is 11.8 Å². The standard InChI is InChI=1S/C18H27N7O3/c1-13(2)7-16-21-15(22-28-16)9-24-8-14-10-27-12-18(14,11-24)17(26)19-3-5-25-6-4-20-23-25/h4,6,13-14H,3,5,7-12H2,1-2H3,(H,19,26)/t14-,18-/m1/s1. The van der Waals surface area contributed by atoms with Crippen molar-refractivity contribution in [3.8, 4) is 0 Å². The van der Waals surface area contributed by atoms with Gasteiger partial charge in [0.1, 0.15) is 0 Å². The van der Waals surface area contributed by atoms with E-state index in [9.17, 15) is 4.79 Å². The minimum Gasteiger partial charge on any atom is -0.380 e. The Morgan fingerprint density at radius 1 is 1.46 bits per heavy atom. The van der Waals surface area contributed by atoms with Crippen LogP contribution in [-0.4, -0.2) is 68.8 Å². The van der Waals surface area contributed by atoms with E-state index in [2.05, 4.69) is 44.5 Å². The molecule has 0 saturated carbocycles. The first kappa shape index (κ1) is 19.0. The third-order valence-corrected chi connectivity index (χ3v) is 5.45. The summed E-state index contributed by atoms with van der Waals surface area (Å²) < 4.78 is 12.7. The summed E-state index contributed by atoms with van der Waals surface area (Å²) in [5.41, 5.74) is -0.507. The fraction of sp³-hybridized carbons (Fsp3) is 0.722. The molecule has 2 aromatic rings. The Bertz CT molecular complexity index is 791. The maximum atomic E-state index is 13.0. The monoisotopic (exact) mass is 389 g/mol. The number of ether oxygens (including phenoxy) is 1. The van der Waals surface area contributed by atoms with Gasteiger partial charge in [-0.2, -0.15) is 4.98 Å². The van der Waals surface area contributed by atoms with E-state index in [0.29, 0.717) is 57.0 Å². The highest BCUT2D eigenvalue weighted by Gasteiger charge is 2.55. The molecule has 4 heterocycles. The molecule has 0 bridgehead atoms. The molecule has 0 spiro atoms. The van der Waals surface area contributed by atoms with E-state index in [-0.39, 0.29) is 11.8 Å². The fourth-order valence-corrected chi connectivity index (χ4v) is 4.08. The molecule has 0 aliphatic carbocycles. The lowest BCUT2D eigenvalue weighted by Gasteiger charge is -2.25. The number of hydrogen-bond acceptors (Lipinski definition) is 8. The molecule has 10 heteroatoms. The molecule has 2 aliphatic heterocycles. The minimum absolute atomic E-state index is 0.0474. The van der Waals surface area contributed by atoms with Crippen LogP contribution >= 0.6 is 0 Å². The molecular formula is C18H27N7O3. The number of rotatable bonds is 8. The van der Waals surface area contributed by atoms with Gasteiger partial charge in [-0.1, -0.05) is 24.2 Å². The SMILES string of the molecule is CC(C)Cc1nc(CN2C[C@@H]3COC[C@]3(C(=O)NCCn3ccnn3)C2)no1. The van der Waals surface area contributed by atoms with Crippen molar-refractivity contribution >= 4 is 5.91 Å². The Morgan fingerprint density at radius 3 is 3.14 bits per heavy atom. The molecule has 2 atom stereocenters. The zero-order valence-electron chi connectivity index (χ0n) is 16.4. The number of carbonyl (C=O) groups is 1. The Morgan fingerprint density at radius 2 is 2.36 bits per heavy atom. The molecule has 4 rings (SSSR count). The van der Waals surface area contributed by atoms with E-state index in [1.807, 2.05) is 0 Å². The molecule has 2 aliphatic rings. The highest BCUT2D eigenvalue weighted by Crippen LogP contribution is 2.41. The van der Waals surface area contributed by atoms with Crippen LogP contribution in [0.15, 0.2) is 16.9 Å². The van der Waals surface area contributed by atoms with Crippen molar-refractivity contribution in [1.29, 1.82) is 0 Å². The maximum Gasteiger partial charge on any atom is 0.230 e. The quantitative estimate of drug-likeness (QED) is 0.678. The van der Waals surface area contributed by atoms with Gasteiger partial charge in [-0.25, -0.2) is 0 Å². The number of aromatic nitrogens is 5. The van der Waals surface area contributed by atoms with Crippen LogP contribution in [0.2, 0.25) is 0 Å². The summed E-state index contributed by atoms with van der Waals surface area (Å²) in [4.78, 5) is 19.7. The molecule has 2 saturated heterocycles. The number of carbonyl (C=O) groups excluding carboxylic acids is 1. The van der Waals surface area contributed by atoms with Crippen molar-refractivity contribution in [2.75, 3.05) is 32.8 Å². The molecule has 0 radical (unpaired) electrons. The van der Waals surface area contributed by atoms with Crippen molar-refractivity contribution in [3.63, 3.8) is 0 Å². The van der Waals surface area contributed by atoms with Gasteiger partial charge in [0.05, 0.1) is 37.9 Å². The van der Waals surface area contributed by atoms with E-state index in [0.717, 1.165) is 13.0 Å². The van der Waals surface area contributed by atoms with E-state index in [1.165, 1.54) is 0 Å². The van der Waals surface area contributed by atoms with Gasteiger partial charge >= 0.3 is 0 Å². The summed E-state index contributed by atoms with van der Waals surface area (Å²) in [6.07, 6.45) is 4.18. The zero-order valence-corrected chi connectivity index (χ0v) is 16.4. The van der Waals surface area contributed by atoms with Crippen LogP contribution < -0.4 is 5.32 Å². The highest BCUT2D eigenvalue weighted by molar-refractivity contribution is 5.84. The van der Waals surface area contributed by atoms with Crippen LogP contribution in [0.3, 0.4) is 0 Å². The Kier molecular flexibility index (Phi) is 5.40. The molecule has 1 amide bonds. The van der Waals surface area contributed by atoms with Crippen LogP contribution in [0.5, 0.6) is 0 Å². The Labute approximate surface area is 163 Å². The van der Waals surface area contributed by atoms with E-state index < -0.39 is 5.41 Å². The number of likely N-dealkylation sites (tertiary alicyclic amines) is 1. The molecule has 2 aromatic heterocycles. The molecule has 2 fully saturated rings. The first-order valence-electron chi connectivity index (χ1n) is 9.79. The van der Waals surface area contributed by atoms with E-state index in [4.69, 9.17) is 9.26 Å². The lowest BCUT2D eigenvalue weighted by atomic mass is 9.80. The predicted molar refractivity (Wildman–Crippen MR) is 97.9 cm³/mol. The maximum absolute atomic E-state index is 13.0. The largest absolute Gasteiger partial charge is 0.380 e. The third kappa shape index (κ3) is 3.93. The van der Waals surface area contributed by atoms with Gasteiger partial charge in [0.25, 0.3) is 0 Å². The van der Waals surface area contributed by atoms with Gasteiger partial charge < -0.3 is 14.6 Å². The molecule has 0 aromatic carbocycles. The normalized spacial score (nSPS) is 24.8. The summed E-state index contributed by atoms with van der Waals surface area (Å²) in [6, 6.07) is 0. The first-order valence-corrected chi connectivity index (χ1v) is 9.79. The fourth-order valence-electron chi connectivity index (χ4n) is 4.08. The van der Waals surface area contributed by atoms with Crippen molar-refractivity contribution in [2.45, 2.75) is 33.4 Å². The smallest absolute Gasteiger partial charge is 0.230 e. The topological polar surface area (TPSA) is 111 Å². The summed E-state index contributed by atoms with van der Waals surface area (Å²) in [5.74, 6) is 2.06. The second-order valence-electron chi connectivity index (χ2n) is 8.16. The summed E-state index contributed by atoms with van der Waals surface area (Å²) in [5, 5.41) is 14.8. The molecule has 0 unspecified atom stereocenters. The van der Waals surface area contributed by atoms with Gasteiger partial charge in [-0.3, -0.25) is 14.4 Å². The first-order chi connectivity index (χ1) is 13.5. The summed E-state index contributed by atoms with van der Waals surface area (Å²) >= 11 is 0. The zero-order chi connectivity index (χ0) is 19.6. The van der Waals surface area contributed by atoms with Crippen molar-refractivity contribution in [1.82, 2.24) is 35.4 Å². The molecule has 10 nitrogen and oxygen atoms in total. The average Bonchev–Trinajstić information content (AvgIpc) is 3.39. The minimum atomic E-state index is -0.507. The third-order valence-electron chi connectivity index (χ3n) is 5.45. The van der Waals surface area contributed by atoms with Crippen molar-refractivity contribution in [2.24, 2.45) is 17.3 Å². The van der Waals surface area contributed by atoms with Gasteiger partial charge in [-0.15, -0.1) is 5.10 Å². The molecular weight excluding hydrogens is 362 g/mol. The number of amides is 1. The predicted octanol–water partition coefficient (Wildman–Crippen LogP) is 0.124. The number of nitrogens with zero attached hydrogens (tertiary/aromatic N) is 6. The molecule has 28 heavy (non-hydrogen) atoms. The van der Waals surface area contributed by atoms with Gasteiger partial charge in [0.15, 0.2) is 5.82 Å². The van der Waals surface area contributed by atoms with E-state index >= 15 is 0 Å². The summed E-state index contributed by atoms with van der Waals surface area (Å²) in [7, 11) is 0. The second-order valence-corrected chi connectivity index (χ2v) is 8.16. The van der Waals surface area contributed by atoms with Crippen molar-refractivity contribution < 1.29 is 14.1 Å². The lowest BCUT2D eigenvalue weighted by Crippen LogP contribution is -2.47. The second kappa shape index (κ2) is 7.96. The summed E-state index contributed by atoms with van der Waals surface area (Å²) in [6.45, 7) is 8.44. The van der Waals surface area contributed by atoms with Crippen LogP contribution in [-0.2, 0) is 29.0 Å². The van der Waals surface area contributed by atoms with Crippen molar-refractivity contribution in [3.05, 3.63) is 24.1 Å². The van der Waals surface area contributed by atoms with Gasteiger partial charge in [0, 0.05) is 38.2 Å². The Balaban J connectivity index is 1.34. The highest BCUT2D eigenvalue weighted by atomic mass is 16.5. The van der Waals surface area contributed by atoms with Gasteiger partial charge in [-0.05, 0) is 5.92 Å².